The van der Waals surface area contributed by atoms with Crippen LogP contribution in [-0.2, 0) is 4.74 Å². The van der Waals surface area contributed by atoms with Gasteiger partial charge < -0.3 is 15.0 Å². The van der Waals surface area contributed by atoms with Crippen molar-refractivity contribution in [3.05, 3.63) is 70.4 Å². The van der Waals surface area contributed by atoms with Gasteiger partial charge in [0.2, 0.25) is 0 Å². The van der Waals surface area contributed by atoms with Crippen LogP contribution in [-0.4, -0.2) is 48.6 Å². The number of carbonyl (C=O) groups is 1. The summed E-state index contributed by atoms with van der Waals surface area (Å²) in [4.78, 5) is 18.9. The third kappa shape index (κ3) is 4.36. The van der Waals surface area contributed by atoms with Crippen LogP contribution in [0.1, 0.15) is 38.8 Å². The van der Waals surface area contributed by atoms with Crippen molar-refractivity contribution in [2.24, 2.45) is 0 Å². The number of aromatic amines is 1. The molecule has 2 heterocycles. The molecule has 0 spiro atoms. The number of hydrogen-bond donors (Lipinski definition) is 2. The molecule has 2 N–H and O–H groups in total. The Morgan fingerprint density at radius 1 is 1.10 bits per heavy atom. The molecule has 0 aliphatic carbocycles. The second kappa shape index (κ2) is 8.39. The van der Waals surface area contributed by atoms with Crippen LogP contribution in [0, 0.1) is 20.8 Å². The first-order chi connectivity index (χ1) is 14.0. The van der Waals surface area contributed by atoms with Crippen LogP contribution in [0.2, 0.25) is 0 Å². The Bertz CT molecular complexity index is 1000. The molecule has 1 atom stereocenters. The number of rotatable bonds is 5. The maximum Gasteiger partial charge on any atom is 0.251 e. The normalized spacial score (nSPS) is 16.1. The van der Waals surface area contributed by atoms with Crippen molar-refractivity contribution in [3.63, 3.8) is 0 Å². The second-order valence-electron chi connectivity index (χ2n) is 7.99. The summed E-state index contributed by atoms with van der Waals surface area (Å²) in [6, 6.07) is 14.3. The number of hydrogen-bond acceptors (Lipinski definition) is 3. The summed E-state index contributed by atoms with van der Waals surface area (Å²) in [6.07, 6.45) is 0. The van der Waals surface area contributed by atoms with Gasteiger partial charge in [-0.15, -0.1) is 0 Å². The van der Waals surface area contributed by atoms with E-state index in [1.807, 2.05) is 18.2 Å². The summed E-state index contributed by atoms with van der Waals surface area (Å²) in [6.45, 7) is 10.3. The predicted octanol–water partition coefficient (Wildman–Crippen LogP) is 3.90. The lowest BCUT2D eigenvalue weighted by Crippen LogP contribution is -2.43. The van der Waals surface area contributed by atoms with E-state index >= 15 is 0 Å². The number of aromatic nitrogens is 1. The zero-order chi connectivity index (χ0) is 20.4. The number of H-pyrrole nitrogens is 1. The van der Waals surface area contributed by atoms with Crippen molar-refractivity contribution < 1.29 is 9.53 Å². The predicted molar refractivity (Wildman–Crippen MR) is 116 cm³/mol. The van der Waals surface area contributed by atoms with Gasteiger partial charge in [0.25, 0.3) is 5.91 Å². The first-order valence-corrected chi connectivity index (χ1v) is 10.3. The molecule has 29 heavy (non-hydrogen) atoms. The molecule has 1 amide bonds. The van der Waals surface area contributed by atoms with Crippen molar-refractivity contribution in [1.82, 2.24) is 15.2 Å². The van der Waals surface area contributed by atoms with Gasteiger partial charge in [0, 0.05) is 41.8 Å². The lowest BCUT2D eigenvalue weighted by Gasteiger charge is -2.31. The standard InChI is InChI=1S/C24H29N3O2/c1-16-4-6-19(7-5-16)23(15-27-10-12-29-13-11-27)26-24(28)20-8-9-22-21(14-20)17(2)18(3)25-22/h4-9,14,23,25H,10-13,15H2,1-3H3,(H,26,28)/t23-/m1/s1. The van der Waals surface area contributed by atoms with Crippen LogP contribution in [0.15, 0.2) is 42.5 Å². The third-order valence-electron chi connectivity index (χ3n) is 5.90. The number of ether oxygens (including phenoxy) is 1. The van der Waals surface area contributed by atoms with Crippen molar-refractivity contribution >= 4 is 16.8 Å². The number of morpholine rings is 1. The van der Waals surface area contributed by atoms with Gasteiger partial charge in [-0.25, -0.2) is 0 Å². The molecule has 5 nitrogen and oxygen atoms in total. The average molecular weight is 392 g/mol. The lowest BCUT2D eigenvalue weighted by atomic mass is 10.0. The number of benzene rings is 2. The van der Waals surface area contributed by atoms with E-state index < -0.39 is 0 Å². The highest BCUT2D eigenvalue weighted by molar-refractivity contribution is 5.99. The third-order valence-corrected chi connectivity index (χ3v) is 5.90. The topological polar surface area (TPSA) is 57.4 Å². The van der Waals surface area contributed by atoms with E-state index in [1.165, 1.54) is 11.1 Å². The maximum absolute atomic E-state index is 13.1. The summed E-state index contributed by atoms with van der Waals surface area (Å²) >= 11 is 0. The number of aryl methyl sites for hydroxylation is 3. The Hall–Kier alpha value is -2.63. The molecule has 4 rings (SSSR count). The highest BCUT2D eigenvalue weighted by Gasteiger charge is 2.21. The fraction of sp³-hybridized carbons (Fsp3) is 0.375. The fourth-order valence-electron chi connectivity index (χ4n) is 3.92. The quantitative estimate of drug-likeness (QED) is 0.694. The number of amides is 1. The molecular weight excluding hydrogens is 362 g/mol. The van der Waals surface area contributed by atoms with Gasteiger partial charge in [0.05, 0.1) is 19.3 Å². The largest absolute Gasteiger partial charge is 0.379 e. The van der Waals surface area contributed by atoms with Crippen molar-refractivity contribution in [2.45, 2.75) is 26.8 Å². The molecule has 0 bridgehead atoms. The van der Waals surface area contributed by atoms with Crippen molar-refractivity contribution in [2.75, 3.05) is 32.8 Å². The number of nitrogens with zero attached hydrogens (tertiary/aromatic N) is 1. The molecule has 152 valence electrons. The molecule has 1 aromatic heterocycles. The van der Waals surface area contributed by atoms with Crippen LogP contribution >= 0.6 is 0 Å². The van der Waals surface area contributed by atoms with Gasteiger partial charge in [-0.05, 0) is 50.1 Å². The Morgan fingerprint density at radius 2 is 1.83 bits per heavy atom. The number of nitrogens with one attached hydrogen (secondary N) is 2. The summed E-state index contributed by atoms with van der Waals surface area (Å²) in [5.74, 6) is -0.0380. The minimum Gasteiger partial charge on any atom is -0.379 e. The Labute approximate surface area is 172 Å². The van der Waals surface area contributed by atoms with Crippen LogP contribution in [0.4, 0.5) is 0 Å². The van der Waals surface area contributed by atoms with E-state index in [9.17, 15) is 4.79 Å². The molecule has 5 heteroatoms. The molecule has 3 aromatic rings. The summed E-state index contributed by atoms with van der Waals surface area (Å²) in [7, 11) is 0. The monoisotopic (exact) mass is 391 g/mol. The maximum atomic E-state index is 13.1. The molecular formula is C24H29N3O2. The summed E-state index contributed by atoms with van der Waals surface area (Å²) in [5, 5.41) is 4.38. The van der Waals surface area contributed by atoms with E-state index in [-0.39, 0.29) is 11.9 Å². The smallest absolute Gasteiger partial charge is 0.251 e. The molecule has 1 aliphatic rings. The Balaban J connectivity index is 1.58. The van der Waals surface area contributed by atoms with Crippen molar-refractivity contribution in [3.8, 4) is 0 Å². The molecule has 0 unspecified atom stereocenters. The van der Waals surface area contributed by atoms with E-state index in [0.717, 1.165) is 55.0 Å². The molecule has 1 aliphatic heterocycles. The molecule has 1 saturated heterocycles. The van der Waals surface area contributed by atoms with Gasteiger partial charge in [0.15, 0.2) is 0 Å². The van der Waals surface area contributed by atoms with E-state index in [1.54, 1.807) is 0 Å². The minimum absolute atomic E-state index is 0.0380. The molecule has 0 saturated carbocycles. The summed E-state index contributed by atoms with van der Waals surface area (Å²) < 4.78 is 5.48. The van der Waals surface area contributed by atoms with Gasteiger partial charge in [0.1, 0.15) is 0 Å². The van der Waals surface area contributed by atoms with E-state index in [2.05, 4.69) is 60.2 Å². The zero-order valence-corrected chi connectivity index (χ0v) is 17.4. The highest BCUT2D eigenvalue weighted by Crippen LogP contribution is 2.23. The van der Waals surface area contributed by atoms with Crippen LogP contribution in [0.3, 0.4) is 0 Å². The zero-order valence-electron chi connectivity index (χ0n) is 17.4. The average Bonchev–Trinajstić information content (AvgIpc) is 3.02. The van der Waals surface area contributed by atoms with Gasteiger partial charge >= 0.3 is 0 Å². The summed E-state index contributed by atoms with van der Waals surface area (Å²) in [5.41, 5.74) is 6.44. The first-order valence-electron chi connectivity index (χ1n) is 10.3. The molecule has 1 fully saturated rings. The van der Waals surface area contributed by atoms with Crippen LogP contribution < -0.4 is 5.32 Å². The SMILES string of the molecule is Cc1ccc([C@@H](CN2CCOCC2)NC(=O)c2ccc3[nH]c(C)c(C)c3c2)cc1. The second-order valence-corrected chi connectivity index (χ2v) is 7.99. The van der Waals surface area contributed by atoms with Gasteiger partial charge in [-0.1, -0.05) is 29.8 Å². The van der Waals surface area contributed by atoms with Crippen molar-refractivity contribution in [1.29, 1.82) is 0 Å². The van der Waals surface area contributed by atoms with Crippen LogP contribution in [0.5, 0.6) is 0 Å². The highest BCUT2D eigenvalue weighted by atomic mass is 16.5. The number of fused-ring (bicyclic) bond motifs is 1. The molecule has 0 radical (unpaired) electrons. The molecule has 2 aromatic carbocycles. The fourth-order valence-corrected chi connectivity index (χ4v) is 3.92. The Morgan fingerprint density at radius 3 is 2.55 bits per heavy atom. The van der Waals surface area contributed by atoms with Gasteiger partial charge in [-0.3, -0.25) is 9.69 Å². The lowest BCUT2D eigenvalue weighted by molar-refractivity contribution is 0.0332. The Kier molecular flexibility index (Phi) is 5.69. The number of carbonyl (C=O) groups excluding carboxylic acids is 1. The van der Waals surface area contributed by atoms with Gasteiger partial charge in [-0.2, -0.15) is 0 Å². The van der Waals surface area contributed by atoms with E-state index in [4.69, 9.17) is 4.74 Å². The van der Waals surface area contributed by atoms with Crippen LogP contribution in [0.25, 0.3) is 10.9 Å². The first kappa shape index (κ1) is 19.7. The minimum atomic E-state index is -0.0639. The van der Waals surface area contributed by atoms with E-state index in [0.29, 0.717) is 5.56 Å².